The van der Waals surface area contributed by atoms with Gasteiger partial charge in [-0.25, -0.2) is 0 Å². The molecule has 4 aromatic rings. The molecule has 1 aliphatic rings. The molecule has 0 fully saturated rings. The van der Waals surface area contributed by atoms with Crippen molar-refractivity contribution < 1.29 is 4.74 Å². The summed E-state index contributed by atoms with van der Waals surface area (Å²) in [7, 11) is 1.66. The second kappa shape index (κ2) is 8.00. The minimum atomic E-state index is 0.794. The van der Waals surface area contributed by atoms with E-state index in [2.05, 4.69) is 39.7 Å². The van der Waals surface area contributed by atoms with Gasteiger partial charge in [-0.05, 0) is 40.6 Å². The third-order valence-corrected chi connectivity index (χ3v) is 6.05. The van der Waals surface area contributed by atoms with E-state index in [0.717, 1.165) is 43.6 Å². The molecular weight excluding hydrogens is 392 g/mol. The highest BCUT2D eigenvalue weighted by Crippen LogP contribution is 2.44. The van der Waals surface area contributed by atoms with Gasteiger partial charge in [0.25, 0.3) is 0 Å². The maximum Gasteiger partial charge on any atom is 0.153 e. The van der Waals surface area contributed by atoms with Gasteiger partial charge in [0.1, 0.15) is 11.4 Å². The Bertz CT molecular complexity index is 1230. The van der Waals surface area contributed by atoms with E-state index in [1.165, 1.54) is 0 Å². The maximum atomic E-state index is 5.28. The first kappa shape index (κ1) is 18.4. The van der Waals surface area contributed by atoms with Gasteiger partial charge in [0, 0.05) is 16.0 Å². The first-order valence-electron chi connectivity index (χ1n) is 9.51. The van der Waals surface area contributed by atoms with Gasteiger partial charge in [-0.15, -0.1) is 9.89 Å². The van der Waals surface area contributed by atoms with Crippen molar-refractivity contribution in [2.24, 2.45) is 5.10 Å². The fourth-order valence-electron chi connectivity index (χ4n) is 3.31. The molecule has 2 heterocycles. The van der Waals surface area contributed by atoms with E-state index in [1.807, 2.05) is 66.9 Å². The molecular formula is C24H18N4OS. The summed E-state index contributed by atoms with van der Waals surface area (Å²) in [6.07, 6.45) is 1.87. The van der Waals surface area contributed by atoms with E-state index in [4.69, 9.17) is 4.74 Å². The number of aromatic nitrogens is 3. The molecule has 5 nitrogen and oxygen atoms in total. The smallest absolute Gasteiger partial charge is 0.153 e. The van der Waals surface area contributed by atoms with E-state index in [1.54, 1.807) is 23.7 Å². The molecule has 3 aromatic carbocycles. The fraction of sp³-hybridized carbons (Fsp3) is 0.0417. The number of ether oxygens (including phenoxy) is 1. The van der Waals surface area contributed by atoms with Crippen molar-refractivity contribution in [2.75, 3.05) is 7.11 Å². The second-order valence-corrected chi connectivity index (χ2v) is 7.68. The van der Waals surface area contributed by atoms with Crippen LogP contribution in [0.2, 0.25) is 0 Å². The van der Waals surface area contributed by atoms with E-state index in [9.17, 15) is 0 Å². The molecule has 0 amide bonds. The predicted molar refractivity (Wildman–Crippen MR) is 121 cm³/mol. The molecule has 0 aliphatic carbocycles. The van der Waals surface area contributed by atoms with Crippen molar-refractivity contribution in [3.63, 3.8) is 0 Å². The average molecular weight is 411 g/mol. The van der Waals surface area contributed by atoms with Gasteiger partial charge in [-0.1, -0.05) is 72.4 Å². The third kappa shape index (κ3) is 3.42. The number of hydrogen-bond donors (Lipinski definition) is 0. The largest absolute Gasteiger partial charge is 0.497 e. The zero-order chi connectivity index (χ0) is 20.3. The minimum absolute atomic E-state index is 0.794. The number of thioether (sulfide) groups is 1. The van der Waals surface area contributed by atoms with Crippen LogP contribution in [0.25, 0.3) is 21.7 Å². The Morgan fingerprint density at radius 3 is 2.10 bits per heavy atom. The van der Waals surface area contributed by atoms with Gasteiger partial charge in [-0.3, -0.25) is 0 Å². The second-order valence-electron chi connectivity index (χ2n) is 6.68. The Kier molecular flexibility index (Phi) is 4.91. The number of nitrogens with zero attached hydrogens (tertiary/aromatic N) is 4. The summed E-state index contributed by atoms with van der Waals surface area (Å²) in [5, 5.41) is 14.2. The van der Waals surface area contributed by atoms with E-state index >= 15 is 0 Å². The standard InChI is InChI=1S/C24H18N4OS/c1-29-20-14-12-18(13-15-20)22-24-28(27-26-22)25-16-21(17-8-4-2-5-9-17)23(30-24)19-10-6-3-7-11-19/h2-16H,1H3. The lowest BCUT2D eigenvalue weighted by Crippen LogP contribution is -1.93. The molecule has 0 radical (unpaired) electrons. The highest BCUT2D eigenvalue weighted by atomic mass is 32.2. The molecule has 146 valence electrons. The number of methoxy groups -OCH3 is 1. The van der Waals surface area contributed by atoms with Crippen molar-refractivity contribution in [1.82, 2.24) is 15.1 Å². The van der Waals surface area contributed by atoms with Crippen LogP contribution in [0.4, 0.5) is 0 Å². The first-order valence-corrected chi connectivity index (χ1v) is 10.3. The molecule has 30 heavy (non-hydrogen) atoms. The zero-order valence-corrected chi connectivity index (χ0v) is 17.1. The van der Waals surface area contributed by atoms with Crippen LogP contribution in [0.15, 0.2) is 95.1 Å². The molecule has 0 saturated heterocycles. The Balaban J connectivity index is 1.65. The van der Waals surface area contributed by atoms with Crippen molar-refractivity contribution in [2.45, 2.75) is 5.03 Å². The Hall–Kier alpha value is -3.64. The van der Waals surface area contributed by atoms with E-state index in [0.29, 0.717) is 0 Å². The third-order valence-electron chi connectivity index (χ3n) is 4.84. The van der Waals surface area contributed by atoms with Crippen molar-refractivity contribution in [3.8, 4) is 17.0 Å². The lowest BCUT2D eigenvalue weighted by Gasteiger charge is -2.11. The van der Waals surface area contributed by atoms with E-state index in [-0.39, 0.29) is 0 Å². The van der Waals surface area contributed by atoms with Gasteiger partial charge in [-0.2, -0.15) is 5.10 Å². The van der Waals surface area contributed by atoms with Crippen LogP contribution < -0.4 is 4.74 Å². The van der Waals surface area contributed by atoms with E-state index < -0.39 is 0 Å². The molecule has 1 aromatic heterocycles. The minimum Gasteiger partial charge on any atom is -0.497 e. The van der Waals surface area contributed by atoms with Crippen LogP contribution in [0.3, 0.4) is 0 Å². The molecule has 0 unspecified atom stereocenters. The molecule has 0 spiro atoms. The molecule has 5 rings (SSSR count). The van der Waals surface area contributed by atoms with Gasteiger partial charge in [0.15, 0.2) is 5.03 Å². The van der Waals surface area contributed by atoms with Gasteiger partial charge < -0.3 is 4.74 Å². The number of allylic oxidation sites excluding steroid dienone is 1. The number of fused-ring (bicyclic) bond motifs is 1. The average Bonchev–Trinajstić information content (AvgIpc) is 3.12. The van der Waals surface area contributed by atoms with Crippen LogP contribution in [-0.2, 0) is 0 Å². The molecule has 0 saturated carbocycles. The topological polar surface area (TPSA) is 52.3 Å². The molecule has 0 atom stereocenters. The summed E-state index contributed by atoms with van der Waals surface area (Å²) in [6, 6.07) is 28.5. The fourth-order valence-corrected chi connectivity index (χ4v) is 4.46. The summed E-state index contributed by atoms with van der Waals surface area (Å²) in [6.45, 7) is 0. The normalized spacial score (nSPS) is 13.1. The molecule has 1 aliphatic heterocycles. The van der Waals surface area contributed by atoms with Crippen LogP contribution in [0.1, 0.15) is 11.1 Å². The van der Waals surface area contributed by atoms with Crippen molar-refractivity contribution >= 4 is 28.5 Å². The highest BCUT2D eigenvalue weighted by Gasteiger charge is 2.23. The Morgan fingerprint density at radius 2 is 1.43 bits per heavy atom. The van der Waals surface area contributed by atoms with Gasteiger partial charge in [0.05, 0.1) is 13.3 Å². The highest BCUT2D eigenvalue weighted by molar-refractivity contribution is 8.08. The van der Waals surface area contributed by atoms with Crippen molar-refractivity contribution in [3.05, 3.63) is 96.1 Å². The Morgan fingerprint density at radius 1 is 0.767 bits per heavy atom. The summed E-state index contributed by atoms with van der Waals surface area (Å²) < 4.78 is 5.28. The lowest BCUT2D eigenvalue weighted by molar-refractivity contribution is 0.415. The monoisotopic (exact) mass is 410 g/mol. The van der Waals surface area contributed by atoms with Crippen LogP contribution in [0.5, 0.6) is 5.75 Å². The lowest BCUT2D eigenvalue weighted by atomic mass is 10.0. The molecule has 6 heteroatoms. The summed E-state index contributed by atoms with van der Waals surface area (Å²) in [5.74, 6) is 0.805. The SMILES string of the molecule is COc1ccc(-c2nnn3c2SC(c2ccccc2)=C(c2ccccc2)C=N3)cc1. The van der Waals surface area contributed by atoms with Gasteiger partial charge >= 0.3 is 0 Å². The summed E-state index contributed by atoms with van der Waals surface area (Å²) in [5.41, 5.74) is 5.05. The molecule has 0 bridgehead atoms. The Labute approximate surface area is 178 Å². The van der Waals surface area contributed by atoms with Crippen LogP contribution >= 0.6 is 11.8 Å². The predicted octanol–water partition coefficient (Wildman–Crippen LogP) is 5.46. The first-order chi connectivity index (χ1) is 14.8. The number of benzene rings is 3. The maximum absolute atomic E-state index is 5.28. The number of rotatable bonds is 4. The number of hydrogen-bond acceptors (Lipinski definition) is 5. The zero-order valence-electron chi connectivity index (χ0n) is 16.3. The van der Waals surface area contributed by atoms with Crippen LogP contribution in [0, 0.1) is 0 Å². The van der Waals surface area contributed by atoms with Crippen molar-refractivity contribution in [1.29, 1.82) is 0 Å². The quantitative estimate of drug-likeness (QED) is 0.448. The van der Waals surface area contributed by atoms with Crippen LogP contribution in [-0.4, -0.2) is 28.4 Å². The summed E-state index contributed by atoms with van der Waals surface area (Å²) >= 11 is 1.63. The van der Waals surface area contributed by atoms with Gasteiger partial charge in [0.2, 0.25) is 0 Å². The summed E-state index contributed by atoms with van der Waals surface area (Å²) in [4.78, 5) is 2.71. The molecule has 0 N–H and O–H groups in total.